The number of nitrogens with zero attached hydrogens (tertiary/aromatic N) is 4. The van der Waals surface area contributed by atoms with Gasteiger partial charge in [-0.25, -0.2) is 18.2 Å². The zero-order valence-electron chi connectivity index (χ0n) is 14.1. The van der Waals surface area contributed by atoms with Crippen LogP contribution in [0.3, 0.4) is 0 Å². The molecule has 3 heterocycles. The summed E-state index contributed by atoms with van der Waals surface area (Å²) >= 11 is 0. The molecule has 0 radical (unpaired) electrons. The maximum atomic E-state index is 12.7. The highest BCUT2D eigenvalue weighted by atomic mass is 32.2. The van der Waals surface area contributed by atoms with Crippen molar-refractivity contribution in [2.45, 2.75) is 12.5 Å². The minimum atomic E-state index is -3.73. The molecule has 0 saturated carbocycles. The van der Waals surface area contributed by atoms with E-state index in [-0.39, 0.29) is 13.1 Å². The lowest BCUT2D eigenvalue weighted by Crippen LogP contribution is -2.55. The maximum Gasteiger partial charge on any atom is 0.322 e. The summed E-state index contributed by atoms with van der Waals surface area (Å²) in [5.74, 6) is -0.464. The second kappa shape index (κ2) is 6.54. The fraction of sp³-hybridized carbons (Fsp3) is 0.467. The van der Waals surface area contributed by atoms with Gasteiger partial charge in [0.15, 0.2) is 0 Å². The van der Waals surface area contributed by atoms with Gasteiger partial charge in [0.25, 0.3) is 5.91 Å². The van der Waals surface area contributed by atoms with Crippen molar-refractivity contribution in [3.63, 3.8) is 0 Å². The van der Waals surface area contributed by atoms with Crippen molar-refractivity contribution in [2.24, 2.45) is 0 Å². The molecule has 11 heteroatoms. The number of anilines is 1. The molecule has 2 aliphatic heterocycles. The highest BCUT2D eigenvalue weighted by Gasteiger charge is 2.46. The van der Waals surface area contributed by atoms with Gasteiger partial charge in [0.05, 0.1) is 11.3 Å². The Bertz CT molecular complexity index is 870. The molecule has 26 heavy (non-hydrogen) atoms. The standard InChI is InChI=1S/C15H18N6O4S/c1-15(13(22)18-14(23)19-15)10-26(24,25)21-6-4-20(5-7-21)12-3-2-11(8-16)9-17-12/h2-3,9H,4-7,10H2,1H3,(H2,18,19,22,23)/t15-/m1/s1. The Morgan fingerprint density at radius 3 is 2.46 bits per heavy atom. The summed E-state index contributed by atoms with van der Waals surface area (Å²) in [6.45, 7) is 2.76. The van der Waals surface area contributed by atoms with Crippen molar-refractivity contribution in [3.8, 4) is 6.07 Å². The summed E-state index contributed by atoms with van der Waals surface area (Å²) in [4.78, 5) is 29.3. The Morgan fingerprint density at radius 1 is 1.27 bits per heavy atom. The topological polar surface area (TPSA) is 136 Å². The second-order valence-corrected chi connectivity index (χ2v) is 8.37. The lowest BCUT2D eigenvalue weighted by molar-refractivity contribution is -0.122. The molecule has 0 aromatic carbocycles. The average molecular weight is 378 g/mol. The molecule has 3 rings (SSSR count). The third-order valence-corrected chi connectivity index (χ3v) is 6.52. The summed E-state index contributed by atoms with van der Waals surface area (Å²) < 4.78 is 26.6. The van der Waals surface area contributed by atoms with Crippen molar-refractivity contribution in [1.29, 1.82) is 5.26 Å². The smallest absolute Gasteiger partial charge is 0.322 e. The molecular formula is C15H18N6O4S. The molecule has 1 aromatic rings. The Labute approximate surface area is 150 Å². The quantitative estimate of drug-likeness (QED) is 0.642. The van der Waals surface area contributed by atoms with Crippen LogP contribution < -0.4 is 15.5 Å². The predicted octanol–water partition coefficient (Wildman–Crippen LogP) is -0.997. The van der Waals surface area contributed by atoms with Crippen LogP contribution in [0.25, 0.3) is 0 Å². The van der Waals surface area contributed by atoms with Gasteiger partial charge in [0, 0.05) is 32.4 Å². The van der Waals surface area contributed by atoms with E-state index in [4.69, 9.17) is 5.26 Å². The molecule has 2 fully saturated rings. The first kappa shape index (κ1) is 18.1. The van der Waals surface area contributed by atoms with Crippen LogP contribution in [0.5, 0.6) is 0 Å². The highest BCUT2D eigenvalue weighted by molar-refractivity contribution is 7.89. The number of nitriles is 1. The number of hydrogen-bond donors (Lipinski definition) is 2. The Kier molecular flexibility index (Phi) is 4.55. The number of pyridine rings is 1. The largest absolute Gasteiger partial charge is 0.354 e. The first-order chi connectivity index (χ1) is 12.2. The van der Waals surface area contributed by atoms with Crippen LogP contribution in [0.4, 0.5) is 10.6 Å². The number of hydrogen-bond acceptors (Lipinski definition) is 7. The van der Waals surface area contributed by atoms with Crippen molar-refractivity contribution in [3.05, 3.63) is 23.9 Å². The predicted molar refractivity (Wildman–Crippen MR) is 91.6 cm³/mol. The molecule has 0 spiro atoms. The van der Waals surface area contributed by atoms with Gasteiger partial charge < -0.3 is 10.2 Å². The first-order valence-corrected chi connectivity index (χ1v) is 9.57. The molecule has 1 atom stereocenters. The molecule has 138 valence electrons. The van der Waals surface area contributed by atoms with Gasteiger partial charge in [0.2, 0.25) is 10.0 Å². The molecular weight excluding hydrogens is 360 g/mol. The molecule has 0 unspecified atom stereocenters. The lowest BCUT2D eigenvalue weighted by Gasteiger charge is -2.35. The summed E-state index contributed by atoms with van der Waals surface area (Å²) in [5, 5.41) is 13.2. The number of aromatic nitrogens is 1. The van der Waals surface area contributed by atoms with Crippen LogP contribution in [-0.4, -0.2) is 67.1 Å². The maximum absolute atomic E-state index is 12.7. The van der Waals surface area contributed by atoms with Gasteiger partial charge in [-0.05, 0) is 19.1 Å². The van der Waals surface area contributed by atoms with Gasteiger partial charge in [-0.2, -0.15) is 9.57 Å². The van der Waals surface area contributed by atoms with Crippen LogP contribution in [0.15, 0.2) is 18.3 Å². The van der Waals surface area contributed by atoms with E-state index in [2.05, 4.69) is 15.6 Å². The Morgan fingerprint density at radius 2 is 1.96 bits per heavy atom. The molecule has 3 amide bonds. The summed E-state index contributed by atoms with van der Waals surface area (Å²) in [6, 6.07) is 4.69. The van der Waals surface area contributed by atoms with Crippen LogP contribution >= 0.6 is 0 Å². The summed E-state index contributed by atoms with van der Waals surface area (Å²) in [7, 11) is -3.73. The van der Waals surface area contributed by atoms with Gasteiger partial charge in [0.1, 0.15) is 17.4 Å². The number of rotatable bonds is 4. The third kappa shape index (κ3) is 3.47. The average Bonchev–Trinajstić information content (AvgIpc) is 2.86. The van der Waals surface area contributed by atoms with E-state index >= 15 is 0 Å². The zero-order valence-corrected chi connectivity index (χ0v) is 14.9. The van der Waals surface area contributed by atoms with Crippen LogP contribution in [0.1, 0.15) is 12.5 Å². The van der Waals surface area contributed by atoms with E-state index in [0.29, 0.717) is 24.5 Å². The third-order valence-electron chi connectivity index (χ3n) is 4.42. The molecule has 0 bridgehead atoms. The monoisotopic (exact) mass is 378 g/mol. The molecule has 1 aromatic heterocycles. The van der Waals surface area contributed by atoms with Crippen LogP contribution in [0, 0.1) is 11.3 Å². The molecule has 0 aliphatic carbocycles. The van der Waals surface area contributed by atoms with Crippen molar-refractivity contribution >= 4 is 27.8 Å². The fourth-order valence-corrected chi connectivity index (χ4v) is 4.81. The normalized spacial score (nSPS) is 24.1. The highest BCUT2D eigenvalue weighted by Crippen LogP contribution is 2.19. The number of imide groups is 1. The number of carbonyl (C=O) groups is 2. The summed E-state index contributed by atoms with van der Waals surface area (Å²) in [5.41, 5.74) is -1.01. The van der Waals surface area contributed by atoms with Crippen LogP contribution in [-0.2, 0) is 14.8 Å². The van der Waals surface area contributed by atoms with Crippen LogP contribution in [0.2, 0.25) is 0 Å². The minimum Gasteiger partial charge on any atom is -0.354 e. The molecule has 2 N–H and O–H groups in total. The minimum absolute atomic E-state index is 0.246. The van der Waals surface area contributed by atoms with Gasteiger partial charge in [-0.3, -0.25) is 10.1 Å². The number of sulfonamides is 1. The fourth-order valence-electron chi connectivity index (χ4n) is 2.97. The number of urea groups is 1. The van der Waals surface area contributed by atoms with Gasteiger partial charge in [-0.1, -0.05) is 0 Å². The van der Waals surface area contributed by atoms with Crippen molar-refractivity contribution in [2.75, 3.05) is 36.8 Å². The number of carbonyl (C=O) groups excluding carboxylic acids is 2. The molecule has 2 saturated heterocycles. The van der Waals surface area contributed by atoms with E-state index in [1.165, 1.54) is 17.4 Å². The van der Waals surface area contributed by atoms with Gasteiger partial charge >= 0.3 is 6.03 Å². The van der Waals surface area contributed by atoms with Gasteiger partial charge in [-0.15, -0.1) is 0 Å². The van der Waals surface area contributed by atoms with E-state index in [0.717, 1.165) is 0 Å². The van der Waals surface area contributed by atoms with E-state index < -0.39 is 33.3 Å². The molecule has 10 nitrogen and oxygen atoms in total. The molecule has 2 aliphatic rings. The summed E-state index contributed by atoms with van der Waals surface area (Å²) in [6.07, 6.45) is 1.47. The Balaban J connectivity index is 1.64. The first-order valence-electron chi connectivity index (χ1n) is 7.96. The Hall–Kier alpha value is -2.71. The SMILES string of the molecule is C[C@]1(CS(=O)(=O)N2CCN(c3ccc(C#N)cn3)CC2)NC(=O)NC1=O. The van der Waals surface area contributed by atoms with Crippen molar-refractivity contribution < 1.29 is 18.0 Å². The number of nitrogens with one attached hydrogen (secondary N) is 2. The van der Waals surface area contributed by atoms with E-state index in [1.54, 1.807) is 12.1 Å². The van der Waals surface area contributed by atoms with E-state index in [9.17, 15) is 18.0 Å². The van der Waals surface area contributed by atoms with Crippen molar-refractivity contribution in [1.82, 2.24) is 19.9 Å². The zero-order chi connectivity index (χ0) is 18.9. The second-order valence-electron chi connectivity index (χ2n) is 6.40. The lowest BCUT2D eigenvalue weighted by atomic mass is 10.1. The number of piperazine rings is 1. The number of amides is 3. The van der Waals surface area contributed by atoms with E-state index in [1.807, 2.05) is 11.0 Å².